The normalized spacial score (nSPS) is 10.9. The first-order chi connectivity index (χ1) is 8.01. The number of hydrogen-bond donors (Lipinski definition) is 2. The molecule has 1 aromatic heterocycles. The molecule has 0 unspecified atom stereocenters. The Morgan fingerprint density at radius 1 is 1.53 bits per heavy atom. The van der Waals surface area contributed by atoms with E-state index < -0.39 is 6.29 Å². The van der Waals surface area contributed by atoms with Crippen LogP contribution in [-0.2, 0) is 16.5 Å². The van der Waals surface area contributed by atoms with Crippen molar-refractivity contribution in [2.75, 3.05) is 26.5 Å². The maximum atomic E-state index is 11.9. The maximum absolute atomic E-state index is 11.9. The number of nitrogen functional groups attached to an aromatic ring is 1. The van der Waals surface area contributed by atoms with E-state index in [2.05, 4.69) is 10.4 Å². The van der Waals surface area contributed by atoms with Crippen LogP contribution in [0.1, 0.15) is 16.1 Å². The fraction of sp³-hybridized carbons (Fsp3) is 0.600. The van der Waals surface area contributed by atoms with Crippen molar-refractivity contribution >= 4 is 11.7 Å². The van der Waals surface area contributed by atoms with E-state index >= 15 is 0 Å². The zero-order chi connectivity index (χ0) is 13.0. The number of rotatable bonds is 5. The lowest BCUT2D eigenvalue weighted by molar-refractivity contribution is -0.0974. The summed E-state index contributed by atoms with van der Waals surface area (Å²) in [6, 6.07) is 0. The second-order valence-corrected chi connectivity index (χ2v) is 3.58. The molecule has 0 aliphatic heterocycles. The number of nitrogens with one attached hydrogen (secondary N) is 1. The number of ether oxygens (including phenoxy) is 2. The fourth-order valence-corrected chi connectivity index (χ4v) is 1.48. The van der Waals surface area contributed by atoms with Gasteiger partial charge in [0.2, 0.25) is 0 Å². The molecular formula is C10H18N4O3. The Morgan fingerprint density at radius 2 is 2.12 bits per heavy atom. The average Bonchev–Trinajstić information content (AvgIpc) is 2.54. The number of nitrogens with two attached hydrogens (primary N) is 1. The Bertz CT molecular complexity index is 399. The molecule has 7 nitrogen and oxygen atoms in total. The fourth-order valence-electron chi connectivity index (χ4n) is 1.48. The minimum atomic E-state index is -0.475. The van der Waals surface area contributed by atoms with Gasteiger partial charge < -0.3 is 20.5 Å². The third kappa shape index (κ3) is 2.95. The minimum absolute atomic E-state index is 0.250. The van der Waals surface area contributed by atoms with E-state index in [-0.39, 0.29) is 12.5 Å². The van der Waals surface area contributed by atoms with E-state index in [0.29, 0.717) is 17.1 Å². The Labute approximate surface area is 99.9 Å². The van der Waals surface area contributed by atoms with Crippen LogP contribution in [0.15, 0.2) is 0 Å². The quantitative estimate of drug-likeness (QED) is 0.689. The number of hydrogen-bond acceptors (Lipinski definition) is 5. The lowest BCUT2D eigenvalue weighted by Gasteiger charge is -2.13. The molecule has 0 spiro atoms. The van der Waals surface area contributed by atoms with Crippen molar-refractivity contribution in [3.05, 3.63) is 11.3 Å². The van der Waals surface area contributed by atoms with Crippen molar-refractivity contribution < 1.29 is 14.3 Å². The Balaban J connectivity index is 2.70. The smallest absolute Gasteiger partial charge is 0.257 e. The van der Waals surface area contributed by atoms with Gasteiger partial charge in [-0.25, -0.2) is 0 Å². The van der Waals surface area contributed by atoms with Crippen molar-refractivity contribution in [3.8, 4) is 0 Å². The summed E-state index contributed by atoms with van der Waals surface area (Å²) in [5, 5.41) is 6.74. The van der Waals surface area contributed by atoms with Gasteiger partial charge >= 0.3 is 0 Å². The second kappa shape index (κ2) is 5.65. The molecule has 0 aromatic carbocycles. The molecule has 96 valence electrons. The number of carbonyl (C=O) groups excluding carboxylic acids is 1. The largest absolute Gasteiger partial charge is 0.383 e. The summed E-state index contributed by atoms with van der Waals surface area (Å²) in [5.41, 5.74) is 6.73. The number of anilines is 1. The van der Waals surface area contributed by atoms with E-state index in [1.54, 1.807) is 14.0 Å². The maximum Gasteiger partial charge on any atom is 0.257 e. The highest BCUT2D eigenvalue weighted by Crippen LogP contribution is 2.14. The molecule has 0 bridgehead atoms. The van der Waals surface area contributed by atoms with Crippen molar-refractivity contribution in [3.63, 3.8) is 0 Å². The van der Waals surface area contributed by atoms with E-state index in [4.69, 9.17) is 15.2 Å². The predicted molar refractivity (Wildman–Crippen MR) is 62.5 cm³/mol. The van der Waals surface area contributed by atoms with E-state index in [1.807, 2.05) is 0 Å². The molecule has 0 radical (unpaired) electrons. The van der Waals surface area contributed by atoms with Crippen molar-refractivity contribution in [1.29, 1.82) is 0 Å². The van der Waals surface area contributed by atoms with Crippen LogP contribution in [-0.4, -0.2) is 42.7 Å². The lowest BCUT2D eigenvalue weighted by Crippen LogP contribution is -2.34. The third-order valence-corrected chi connectivity index (χ3v) is 2.45. The standard InChI is InChI=1S/C10H18N4O3/c1-6-8(9(11)14(2)13-6)10(15)12-5-7(16-3)17-4/h7H,5,11H2,1-4H3,(H,12,15). The topological polar surface area (TPSA) is 91.4 Å². The van der Waals surface area contributed by atoms with Crippen LogP contribution in [0.3, 0.4) is 0 Å². The number of amides is 1. The number of nitrogens with zero attached hydrogens (tertiary/aromatic N) is 2. The number of aryl methyl sites for hydroxylation is 2. The van der Waals surface area contributed by atoms with Gasteiger partial charge in [0.25, 0.3) is 5.91 Å². The minimum Gasteiger partial charge on any atom is -0.383 e. The first-order valence-electron chi connectivity index (χ1n) is 5.14. The van der Waals surface area contributed by atoms with Crippen LogP contribution in [0.5, 0.6) is 0 Å². The van der Waals surface area contributed by atoms with Gasteiger partial charge in [0.05, 0.1) is 12.2 Å². The molecule has 0 saturated carbocycles. The third-order valence-electron chi connectivity index (χ3n) is 2.45. The Morgan fingerprint density at radius 3 is 2.53 bits per heavy atom. The highest BCUT2D eigenvalue weighted by Gasteiger charge is 2.18. The molecule has 7 heteroatoms. The number of aromatic nitrogens is 2. The van der Waals surface area contributed by atoms with Crippen LogP contribution in [0.25, 0.3) is 0 Å². The zero-order valence-electron chi connectivity index (χ0n) is 10.5. The molecule has 0 fully saturated rings. The zero-order valence-corrected chi connectivity index (χ0v) is 10.5. The summed E-state index contributed by atoms with van der Waals surface area (Å²) in [5.74, 6) is 0.0542. The molecule has 0 aliphatic rings. The Hall–Kier alpha value is -1.60. The molecule has 1 aromatic rings. The number of carbonyl (C=O) groups is 1. The molecule has 0 saturated heterocycles. The molecule has 0 atom stereocenters. The summed E-state index contributed by atoms with van der Waals surface area (Å²) in [6.07, 6.45) is -0.475. The van der Waals surface area contributed by atoms with Gasteiger partial charge in [-0.3, -0.25) is 9.48 Å². The van der Waals surface area contributed by atoms with Crippen molar-refractivity contribution in [1.82, 2.24) is 15.1 Å². The molecule has 17 heavy (non-hydrogen) atoms. The highest BCUT2D eigenvalue weighted by molar-refractivity contribution is 5.99. The molecule has 1 heterocycles. The van der Waals surface area contributed by atoms with Gasteiger partial charge in [-0.15, -0.1) is 0 Å². The van der Waals surface area contributed by atoms with Crippen molar-refractivity contribution in [2.45, 2.75) is 13.2 Å². The molecule has 1 rings (SSSR count). The van der Waals surface area contributed by atoms with E-state index in [9.17, 15) is 4.79 Å². The van der Waals surface area contributed by atoms with Gasteiger partial charge in [0.1, 0.15) is 11.4 Å². The summed E-state index contributed by atoms with van der Waals surface area (Å²) >= 11 is 0. The first kappa shape index (κ1) is 13.5. The number of methoxy groups -OCH3 is 2. The lowest BCUT2D eigenvalue weighted by atomic mass is 10.2. The molecular weight excluding hydrogens is 224 g/mol. The summed E-state index contributed by atoms with van der Waals surface area (Å²) < 4.78 is 11.4. The molecule has 3 N–H and O–H groups in total. The van der Waals surface area contributed by atoms with Gasteiger partial charge in [-0.05, 0) is 6.92 Å². The van der Waals surface area contributed by atoms with Crippen LogP contribution in [0, 0.1) is 6.92 Å². The predicted octanol–water partition coefficient (Wildman–Crippen LogP) is -0.341. The average molecular weight is 242 g/mol. The van der Waals surface area contributed by atoms with E-state index in [1.165, 1.54) is 18.9 Å². The first-order valence-corrected chi connectivity index (χ1v) is 5.14. The van der Waals surface area contributed by atoms with Gasteiger partial charge in [-0.1, -0.05) is 0 Å². The van der Waals surface area contributed by atoms with Crippen LogP contribution in [0.2, 0.25) is 0 Å². The van der Waals surface area contributed by atoms with E-state index in [0.717, 1.165) is 0 Å². The molecule has 1 amide bonds. The van der Waals surface area contributed by atoms with Crippen molar-refractivity contribution in [2.24, 2.45) is 7.05 Å². The van der Waals surface area contributed by atoms with Crippen LogP contribution in [0.4, 0.5) is 5.82 Å². The molecule has 0 aliphatic carbocycles. The Kier molecular flexibility index (Phi) is 4.47. The SMILES string of the molecule is COC(CNC(=O)c1c(C)nn(C)c1N)OC. The summed E-state index contributed by atoms with van der Waals surface area (Å²) in [6.45, 7) is 1.98. The summed E-state index contributed by atoms with van der Waals surface area (Å²) in [4.78, 5) is 11.9. The monoisotopic (exact) mass is 242 g/mol. The van der Waals surface area contributed by atoms with Crippen LogP contribution >= 0.6 is 0 Å². The van der Waals surface area contributed by atoms with Gasteiger partial charge in [-0.2, -0.15) is 5.10 Å². The summed E-state index contributed by atoms with van der Waals surface area (Å²) in [7, 11) is 4.69. The van der Waals surface area contributed by atoms with Gasteiger partial charge in [0.15, 0.2) is 6.29 Å². The van der Waals surface area contributed by atoms with Crippen LogP contribution < -0.4 is 11.1 Å². The second-order valence-electron chi connectivity index (χ2n) is 3.58. The van der Waals surface area contributed by atoms with Gasteiger partial charge in [0, 0.05) is 21.3 Å². The highest BCUT2D eigenvalue weighted by atomic mass is 16.7.